The first kappa shape index (κ1) is 58.3. The van der Waals surface area contributed by atoms with Gasteiger partial charge in [0.15, 0.2) is 0 Å². The summed E-state index contributed by atoms with van der Waals surface area (Å²) in [6.45, 7) is 0. The second kappa shape index (κ2) is 27.8. The first-order chi connectivity index (χ1) is 0. The van der Waals surface area contributed by atoms with E-state index in [9.17, 15) is 0 Å². The average molecular weight is 116 g/mol. The third-order valence-corrected chi connectivity index (χ3v) is 0. The second-order valence-corrected chi connectivity index (χ2v) is 0. The molecule has 0 unspecified atom stereocenters. The molecule has 5 radical (unpaired) electrons. The Labute approximate surface area is 52.5 Å². The minimum atomic E-state index is 0. The van der Waals surface area contributed by atoms with Crippen LogP contribution in [0.4, 0.5) is 0 Å². The summed E-state index contributed by atoms with van der Waals surface area (Å²) < 4.78 is 0. The fourth-order valence-corrected chi connectivity index (χ4v) is 0. The van der Waals surface area contributed by atoms with Crippen LogP contribution < -0.4 is 0 Å². The molecule has 0 bridgehead atoms. The van der Waals surface area contributed by atoms with Gasteiger partial charge in [-0.15, -0.1) is 0 Å². The van der Waals surface area contributed by atoms with Crippen molar-refractivity contribution in [3.8, 4) is 0 Å². The molecule has 4 heteroatoms. The molecule has 0 spiro atoms. The normalized spacial score (nSPS) is 0. The summed E-state index contributed by atoms with van der Waals surface area (Å²) in [7, 11) is 0. The van der Waals surface area contributed by atoms with Crippen LogP contribution in [0, 0.1) is 0 Å². The van der Waals surface area contributed by atoms with E-state index in [2.05, 4.69) is 0 Å². The predicted octanol–water partition coefficient (Wildman–Crippen LogP) is -1.15. The van der Waals surface area contributed by atoms with Gasteiger partial charge in [0, 0.05) is 11.0 Å². The Kier molecular flexibility index (Phi) is 406. The summed E-state index contributed by atoms with van der Waals surface area (Å²) in [5.41, 5.74) is 0. The molecular weight excluding hydrogens is 115 g/mol. The number of hydrogen-bond donors (Lipinski definition) is 0. The van der Waals surface area contributed by atoms with E-state index >= 15 is 0 Å². The number of hydrogen-bond acceptors (Lipinski definition) is 0. The van der Waals surface area contributed by atoms with Gasteiger partial charge in [0.05, 0.1) is 0 Å². The molecule has 0 aromatic heterocycles. The Hall–Kier alpha value is 1.29. The van der Waals surface area contributed by atoms with Gasteiger partial charge in [-0.2, -0.15) is 0 Å². The zero-order valence-electron chi connectivity index (χ0n) is 1.21. The van der Waals surface area contributed by atoms with Gasteiger partial charge in [-0.05, 0) is 0 Å². The van der Waals surface area contributed by atoms with Gasteiger partial charge in [0.25, 0.3) is 0 Å². The molecule has 0 aliphatic heterocycles. The summed E-state index contributed by atoms with van der Waals surface area (Å²) in [6, 6.07) is 0. The van der Waals surface area contributed by atoms with Gasteiger partial charge in [0.2, 0.25) is 0 Å². The summed E-state index contributed by atoms with van der Waals surface area (Å²) in [4.78, 5) is 0. The largest absolute Gasteiger partial charge is 2.00 e. The van der Waals surface area contributed by atoms with E-state index in [4.69, 9.17) is 0 Å². The molecule has 0 saturated heterocycles. The minimum Gasteiger partial charge on any atom is -2.00 e. The van der Waals surface area contributed by atoms with Crippen LogP contribution in [0.2, 0.25) is 0 Å². The molecule has 0 aromatic rings. The van der Waals surface area contributed by atoms with Crippen molar-refractivity contribution in [2.75, 3.05) is 0 Å². The summed E-state index contributed by atoms with van der Waals surface area (Å²) in [5.74, 6) is 0. The molecule has 0 heterocycles. The molecule has 0 aliphatic rings. The third kappa shape index (κ3) is 10.4. The molecule has 0 N–H and O–H groups in total. The maximum absolute atomic E-state index is 0. The summed E-state index contributed by atoms with van der Waals surface area (Å²) in [6.07, 6.45) is 0. The maximum Gasteiger partial charge on any atom is 0 e. The van der Waals surface area contributed by atoms with E-state index in [1.165, 1.54) is 0 Å². The molecule has 0 fully saturated rings. The van der Waals surface area contributed by atoms with Crippen molar-refractivity contribution in [3.05, 3.63) is 0 Å². The van der Waals surface area contributed by atoms with Gasteiger partial charge in [-0.1, -0.05) is 0 Å². The zero-order valence-corrected chi connectivity index (χ0v) is 3.15. The third-order valence-electron chi connectivity index (χ3n) is 0. The van der Waals surface area contributed by atoms with E-state index < -0.39 is 0 Å². The smallest absolute Gasteiger partial charge is 0 e. The molecule has 23 valence electrons. The van der Waals surface area contributed by atoms with Crippen molar-refractivity contribution in [2.24, 2.45) is 0 Å². The van der Waals surface area contributed by atoms with E-state index in [-0.39, 0.29) is 52.4 Å². The minimum absolute atomic E-state index is 0. The van der Waals surface area contributed by atoms with Crippen LogP contribution in [0.5, 0.6) is 0 Å². The van der Waals surface area contributed by atoms with Crippen molar-refractivity contribution < 1.29 is 22.5 Å². The zero-order chi connectivity index (χ0) is 0. The predicted molar refractivity (Wildman–Crippen MR) is 13.6 cm³/mol. The van der Waals surface area contributed by atoms with Gasteiger partial charge < -0.3 is 5.48 Å². The first-order valence-corrected chi connectivity index (χ1v) is 0. The molecule has 0 atom stereocenters. The second-order valence-electron chi connectivity index (χ2n) is 0. The molecule has 0 rings (SSSR count). The Morgan fingerprint density at radius 3 is 1.00 bits per heavy atom. The van der Waals surface area contributed by atoms with Crippen LogP contribution in [0.25, 0.3) is 0 Å². The fourth-order valence-electron chi connectivity index (χ4n) is 0. The Morgan fingerprint density at radius 1 is 1.00 bits per heavy atom. The SMILES string of the molecule is [Cu+2].[LiH].[O-2].[Si]. The summed E-state index contributed by atoms with van der Waals surface area (Å²) in [5, 5.41) is 0. The topological polar surface area (TPSA) is 28.5 Å². The van der Waals surface area contributed by atoms with Gasteiger partial charge in [-0.25, -0.2) is 0 Å². The average Bonchev–Trinajstić information content (AvgIpc) is 0. The van der Waals surface area contributed by atoms with Crippen LogP contribution >= 0.6 is 0 Å². The Bertz CT molecular complexity index is 8.00. The van der Waals surface area contributed by atoms with Crippen LogP contribution in [0.15, 0.2) is 0 Å². The van der Waals surface area contributed by atoms with E-state index in [0.717, 1.165) is 0 Å². The molecule has 0 saturated carbocycles. The molecule has 1 nitrogen and oxygen atoms in total. The van der Waals surface area contributed by atoms with Gasteiger partial charge in [0.1, 0.15) is 0 Å². The van der Waals surface area contributed by atoms with Crippen molar-refractivity contribution in [3.63, 3.8) is 0 Å². The molecule has 4 heavy (non-hydrogen) atoms. The van der Waals surface area contributed by atoms with E-state index in [1.54, 1.807) is 0 Å². The van der Waals surface area contributed by atoms with Crippen LogP contribution in [-0.4, -0.2) is 29.8 Å². The van der Waals surface area contributed by atoms with Crippen LogP contribution in [-0.2, 0) is 22.5 Å². The number of rotatable bonds is 0. The summed E-state index contributed by atoms with van der Waals surface area (Å²) >= 11 is 0. The van der Waals surface area contributed by atoms with Crippen LogP contribution in [0.3, 0.4) is 0 Å². The van der Waals surface area contributed by atoms with E-state index in [1.807, 2.05) is 0 Å². The van der Waals surface area contributed by atoms with Gasteiger partial charge in [-0.3, -0.25) is 0 Å². The fraction of sp³-hybridized carbons (Fsp3) is 0. The molecule has 0 amide bonds. The van der Waals surface area contributed by atoms with Crippen LogP contribution in [0.1, 0.15) is 0 Å². The monoisotopic (exact) mass is 115 g/mol. The Morgan fingerprint density at radius 2 is 1.00 bits per heavy atom. The van der Waals surface area contributed by atoms with Crippen molar-refractivity contribution in [1.29, 1.82) is 0 Å². The van der Waals surface area contributed by atoms with Crippen molar-refractivity contribution in [1.82, 2.24) is 0 Å². The van der Waals surface area contributed by atoms with Crippen molar-refractivity contribution >= 4 is 29.8 Å². The molecule has 0 aliphatic carbocycles. The molecule has 0 aromatic carbocycles. The molecular formula is HCuLiOSi. The maximum atomic E-state index is 0. The Balaban J connectivity index is 0. The quantitative estimate of drug-likeness (QED) is 0.357. The van der Waals surface area contributed by atoms with Crippen molar-refractivity contribution in [2.45, 2.75) is 0 Å². The standard InChI is InChI=1S/Cu.Li.O.Si.H/q+2;;-2;;. The first-order valence-electron chi connectivity index (χ1n) is 0. The van der Waals surface area contributed by atoms with E-state index in [0.29, 0.717) is 0 Å². The van der Waals surface area contributed by atoms with Gasteiger partial charge >= 0.3 is 35.9 Å².